The van der Waals surface area contributed by atoms with Gasteiger partial charge in [0.1, 0.15) is 6.67 Å². The van der Waals surface area contributed by atoms with E-state index in [0.29, 0.717) is 24.4 Å². The number of aliphatic hydroxyl groups excluding tert-OH is 1. The van der Waals surface area contributed by atoms with Gasteiger partial charge >= 0.3 is 0 Å². The first kappa shape index (κ1) is 10.3. The van der Waals surface area contributed by atoms with Gasteiger partial charge in [-0.25, -0.2) is 4.39 Å². The number of nitrogens with one attached hydrogen (secondary N) is 1. The molecule has 0 amide bonds. The van der Waals surface area contributed by atoms with Gasteiger partial charge in [-0.3, -0.25) is 4.90 Å². The van der Waals surface area contributed by atoms with Crippen LogP contribution in [-0.2, 0) is 0 Å². The molecule has 2 fully saturated rings. The number of nitrogens with zero attached hydrogens (tertiary/aromatic N) is 1. The molecule has 0 saturated carbocycles. The van der Waals surface area contributed by atoms with Gasteiger partial charge in [0.05, 0.1) is 6.10 Å². The molecule has 0 spiro atoms. The molecule has 3 nitrogen and oxygen atoms in total. The smallest absolute Gasteiger partial charge is 0.117 e. The van der Waals surface area contributed by atoms with Crippen molar-refractivity contribution in [3.8, 4) is 0 Å². The molecule has 0 aromatic carbocycles. The summed E-state index contributed by atoms with van der Waals surface area (Å²) >= 11 is 0. The third kappa shape index (κ3) is 1.78. The van der Waals surface area contributed by atoms with Crippen LogP contribution in [0, 0.1) is 11.8 Å². The number of hydrogen-bond donors (Lipinski definition) is 2. The molecule has 4 unspecified atom stereocenters. The topological polar surface area (TPSA) is 35.5 Å². The van der Waals surface area contributed by atoms with E-state index in [1.54, 1.807) is 0 Å². The summed E-state index contributed by atoms with van der Waals surface area (Å²) in [6.07, 6.45) is -0.802. The number of aliphatic hydroxyl groups is 1. The highest BCUT2D eigenvalue weighted by molar-refractivity contribution is 4.96. The Morgan fingerprint density at radius 3 is 3.00 bits per heavy atom. The number of likely N-dealkylation sites (tertiary alicyclic amines) is 1. The fourth-order valence-electron chi connectivity index (χ4n) is 2.82. The number of hydrogen-bond acceptors (Lipinski definition) is 3. The Balaban J connectivity index is 1.90. The predicted molar refractivity (Wildman–Crippen MR) is 52.9 cm³/mol. The fraction of sp³-hybridized carbons (Fsp3) is 1.00. The normalized spacial score (nSPS) is 40.1. The number of β-amino-alcohol motifs (C(OH)–C–C–N with tert-alkyl or cyclic N) is 1. The zero-order valence-corrected chi connectivity index (χ0v) is 8.62. The van der Waals surface area contributed by atoms with Crippen LogP contribution in [0.1, 0.15) is 6.92 Å². The first-order valence-corrected chi connectivity index (χ1v) is 5.41. The number of fused-ring (bicyclic) bond motifs is 1. The summed E-state index contributed by atoms with van der Waals surface area (Å²) in [7, 11) is 0. The molecule has 2 rings (SSSR count). The number of alkyl halides is 1. The van der Waals surface area contributed by atoms with E-state index in [0.717, 1.165) is 19.6 Å². The van der Waals surface area contributed by atoms with Crippen LogP contribution in [0.2, 0.25) is 0 Å². The molecular formula is C10H19FN2O. The SMILES string of the molecule is CC1C2CNCC2CN1CC(O)CF. The molecule has 2 aliphatic rings. The van der Waals surface area contributed by atoms with Crippen LogP contribution in [0.25, 0.3) is 0 Å². The van der Waals surface area contributed by atoms with Crippen molar-refractivity contribution < 1.29 is 9.50 Å². The van der Waals surface area contributed by atoms with Gasteiger partial charge in [-0.2, -0.15) is 0 Å². The third-order valence-electron chi connectivity index (χ3n) is 3.68. The van der Waals surface area contributed by atoms with E-state index in [2.05, 4.69) is 17.1 Å². The lowest BCUT2D eigenvalue weighted by atomic mass is 9.95. The van der Waals surface area contributed by atoms with Crippen LogP contribution in [0.3, 0.4) is 0 Å². The quantitative estimate of drug-likeness (QED) is 0.668. The zero-order valence-electron chi connectivity index (χ0n) is 8.62. The Morgan fingerprint density at radius 2 is 2.36 bits per heavy atom. The van der Waals surface area contributed by atoms with Gasteiger partial charge in [0, 0.05) is 19.1 Å². The average Bonchev–Trinajstić information content (AvgIpc) is 2.72. The van der Waals surface area contributed by atoms with Crippen molar-refractivity contribution in [2.24, 2.45) is 11.8 Å². The lowest BCUT2D eigenvalue weighted by Gasteiger charge is -2.25. The van der Waals surface area contributed by atoms with Gasteiger partial charge in [0.2, 0.25) is 0 Å². The van der Waals surface area contributed by atoms with Crippen LogP contribution < -0.4 is 5.32 Å². The maximum atomic E-state index is 12.2. The predicted octanol–water partition coefficient (Wildman–Crippen LogP) is -0.143. The van der Waals surface area contributed by atoms with E-state index >= 15 is 0 Å². The Hall–Kier alpha value is -0.190. The van der Waals surface area contributed by atoms with Crippen molar-refractivity contribution in [3.63, 3.8) is 0 Å². The summed E-state index contributed by atoms with van der Waals surface area (Å²) in [6.45, 7) is 5.21. The molecule has 82 valence electrons. The monoisotopic (exact) mass is 202 g/mol. The van der Waals surface area contributed by atoms with Gasteiger partial charge in [0.25, 0.3) is 0 Å². The first-order valence-electron chi connectivity index (χ1n) is 5.41. The van der Waals surface area contributed by atoms with Crippen molar-refractivity contribution in [3.05, 3.63) is 0 Å². The van der Waals surface area contributed by atoms with Crippen molar-refractivity contribution >= 4 is 0 Å². The maximum absolute atomic E-state index is 12.2. The minimum absolute atomic E-state index is 0.483. The van der Waals surface area contributed by atoms with E-state index in [4.69, 9.17) is 0 Å². The summed E-state index contributed by atoms with van der Waals surface area (Å²) in [4.78, 5) is 2.22. The molecule has 2 heterocycles. The summed E-state index contributed by atoms with van der Waals surface area (Å²) < 4.78 is 12.2. The lowest BCUT2D eigenvalue weighted by Crippen LogP contribution is -2.39. The minimum Gasteiger partial charge on any atom is -0.389 e. The Morgan fingerprint density at radius 1 is 1.57 bits per heavy atom. The van der Waals surface area contributed by atoms with Crippen molar-refractivity contribution in [1.29, 1.82) is 0 Å². The molecule has 2 aliphatic heterocycles. The largest absolute Gasteiger partial charge is 0.389 e. The summed E-state index contributed by atoms with van der Waals surface area (Å²) in [6, 6.07) is 0.483. The molecule has 4 heteroatoms. The molecule has 2 saturated heterocycles. The Labute approximate surface area is 84.3 Å². The molecule has 0 aromatic rings. The minimum atomic E-state index is -0.802. The van der Waals surface area contributed by atoms with E-state index < -0.39 is 12.8 Å². The standard InChI is InChI=1S/C10H19FN2O/c1-7-10-4-12-3-8(10)5-13(7)6-9(14)2-11/h7-10,12,14H,2-6H2,1H3. The zero-order chi connectivity index (χ0) is 10.1. The number of rotatable bonds is 3. The first-order chi connectivity index (χ1) is 6.72. The Bertz CT molecular complexity index is 201. The molecule has 2 N–H and O–H groups in total. The molecule has 0 aromatic heterocycles. The average molecular weight is 202 g/mol. The van der Waals surface area contributed by atoms with Crippen LogP contribution in [0.4, 0.5) is 4.39 Å². The second-order valence-electron chi connectivity index (χ2n) is 4.58. The molecule has 4 atom stereocenters. The van der Waals surface area contributed by atoms with Crippen molar-refractivity contribution in [2.45, 2.75) is 19.1 Å². The van der Waals surface area contributed by atoms with Crippen LogP contribution in [0.15, 0.2) is 0 Å². The van der Waals surface area contributed by atoms with Crippen LogP contribution in [-0.4, -0.2) is 55.0 Å². The highest BCUT2D eigenvalue weighted by atomic mass is 19.1. The lowest BCUT2D eigenvalue weighted by molar-refractivity contribution is 0.0821. The van der Waals surface area contributed by atoms with E-state index in [1.807, 2.05) is 0 Å². The van der Waals surface area contributed by atoms with Gasteiger partial charge < -0.3 is 10.4 Å². The Kier molecular flexibility index (Phi) is 3.04. The van der Waals surface area contributed by atoms with Crippen LogP contribution in [0.5, 0.6) is 0 Å². The van der Waals surface area contributed by atoms with Gasteiger partial charge in [0.15, 0.2) is 0 Å². The molecular weight excluding hydrogens is 183 g/mol. The van der Waals surface area contributed by atoms with E-state index in [-0.39, 0.29) is 0 Å². The summed E-state index contributed by atoms with van der Waals surface area (Å²) in [5, 5.41) is 12.6. The van der Waals surface area contributed by atoms with Crippen LogP contribution >= 0.6 is 0 Å². The summed E-state index contributed by atoms with van der Waals surface area (Å²) in [5.74, 6) is 1.40. The van der Waals surface area contributed by atoms with E-state index in [1.165, 1.54) is 0 Å². The molecule has 14 heavy (non-hydrogen) atoms. The van der Waals surface area contributed by atoms with Gasteiger partial charge in [-0.05, 0) is 31.8 Å². The molecule has 0 bridgehead atoms. The molecule has 0 radical (unpaired) electrons. The van der Waals surface area contributed by atoms with Crippen molar-refractivity contribution in [2.75, 3.05) is 32.9 Å². The highest BCUT2D eigenvalue weighted by Crippen LogP contribution is 2.32. The second kappa shape index (κ2) is 4.13. The second-order valence-corrected chi connectivity index (χ2v) is 4.58. The third-order valence-corrected chi connectivity index (χ3v) is 3.68. The van der Waals surface area contributed by atoms with Crippen molar-refractivity contribution in [1.82, 2.24) is 10.2 Å². The van der Waals surface area contributed by atoms with E-state index in [9.17, 15) is 9.50 Å². The molecule has 0 aliphatic carbocycles. The number of halogens is 1. The van der Waals surface area contributed by atoms with Gasteiger partial charge in [-0.1, -0.05) is 0 Å². The fourth-order valence-corrected chi connectivity index (χ4v) is 2.82. The highest BCUT2D eigenvalue weighted by Gasteiger charge is 2.41. The van der Waals surface area contributed by atoms with Gasteiger partial charge in [-0.15, -0.1) is 0 Å². The maximum Gasteiger partial charge on any atom is 0.117 e. The summed E-state index contributed by atoms with van der Waals surface area (Å²) in [5.41, 5.74) is 0.